The quantitative estimate of drug-likeness (QED) is 0.278. The molecule has 0 radical (unpaired) electrons. The number of ketones is 1. The Bertz CT molecular complexity index is 770. The molecule has 0 aromatic heterocycles. The molecule has 8 atom stereocenters. The van der Waals surface area contributed by atoms with E-state index in [2.05, 4.69) is 46.1 Å². The molecule has 0 spiro atoms. The molecule has 0 saturated heterocycles. The van der Waals surface area contributed by atoms with Crippen molar-refractivity contribution in [1.82, 2.24) is 4.90 Å². The summed E-state index contributed by atoms with van der Waals surface area (Å²) in [6.07, 6.45) is 4.56. The molecule has 1 N–H and O–H groups in total. The first-order valence-electron chi connectivity index (χ1n) is 13.3. The Balaban J connectivity index is 1.87. The molecular formula is C28H47NO4S. The Morgan fingerprint density at radius 1 is 1.26 bits per heavy atom. The lowest BCUT2D eigenvalue weighted by atomic mass is 9.43. The van der Waals surface area contributed by atoms with Gasteiger partial charge >= 0.3 is 5.97 Å². The lowest BCUT2D eigenvalue weighted by molar-refractivity contribution is -0.203. The molecule has 3 fully saturated rings. The predicted octanol–water partition coefficient (Wildman–Crippen LogP) is 4.97. The number of ether oxygens (including phenoxy) is 1. The van der Waals surface area contributed by atoms with Gasteiger partial charge in [-0.2, -0.15) is 0 Å². The van der Waals surface area contributed by atoms with Crippen LogP contribution in [0.3, 0.4) is 0 Å². The Labute approximate surface area is 211 Å². The van der Waals surface area contributed by atoms with Gasteiger partial charge in [-0.1, -0.05) is 47.6 Å². The minimum atomic E-state index is -0.631. The van der Waals surface area contributed by atoms with Gasteiger partial charge in [0.15, 0.2) is 0 Å². The fourth-order valence-corrected chi connectivity index (χ4v) is 8.51. The van der Waals surface area contributed by atoms with Crippen molar-refractivity contribution in [2.75, 3.05) is 31.1 Å². The van der Waals surface area contributed by atoms with Gasteiger partial charge in [0.1, 0.15) is 11.9 Å². The van der Waals surface area contributed by atoms with Crippen LogP contribution in [0.1, 0.15) is 73.6 Å². The topological polar surface area (TPSA) is 66.8 Å². The summed E-state index contributed by atoms with van der Waals surface area (Å²) in [5.74, 6) is 1.45. The van der Waals surface area contributed by atoms with Gasteiger partial charge in [-0.3, -0.25) is 9.59 Å². The number of aliphatic hydroxyl groups excluding tert-OH is 1. The third-order valence-electron chi connectivity index (χ3n) is 10.1. The number of aliphatic hydroxyl groups is 1. The number of esters is 1. The van der Waals surface area contributed by atoms with Gasteiger partial charge in [-0.25, -0.2) is 0 Å². The van der Waals surface area contributed by atoms with Gasteiger partial charge in [0.05, 0.1) is 11.9 Å². The highest BCUT2D eigenvalue weighted by Gasteiger charge is 2.68. The molecule has 0 aromatic carbocycles. The summed E-state index contributed by atoms with van der Waals surface area (Å²) in [6, 6.07) is 0. The van der Waals surface area contributed by atoms with Crippen LogP contribution in [0, 0.1) is 34.0 Å². The first-order chi connectivity index (χ1) is 16.0. The van der Waals surface area contributed by atoms with Crippen LogP contribution in [-0.4, -0.2) is 65.1 Å². The van der Waals surface area contributed by atoms with Gasteiger partial charge in [0.25, 0.3) is 0 Å². The van der Waals surface area contributed by atoms with Crippen molar-refractivity contribution >= 4 is 23.5 Å². The first-order valence-corrected chi connectivity index (χ1v) is 14.5. The predicted molar refractivity (Wildman–Crippen MR) is 140 cm³/mol. The summed E-state index contributed by atoms with van der Waals surface area (Å²) in [5.41, 5.74) is -1.25. The number of nitrogens with zero attached hydrogens (tertiary/aromatic N) is 1. The molecule has 5 nitrogen and oxygen atoms in total. The van der Waals surface area contributed by atoms with E-state index >= 15 is 0 Å². The largest absolute Gasteiger partial charge is 0.461 e. The number of rotatable bonds is 9. The van der Waals surface area contributed by atoms with Crippen LogP contribution < -0.4 is 0 Å². The van der Waals surface area contributed by atoms with Crippen molar-refractivity contribution in [3.63, 3.8) is 0 Å². The van der Waals surface area contributed by atoms with Crippen molar-refractivity contribution in [3.05, 3.63) is 12.7 Å². The average Bonchev–Trinajstić information content (AvgIpc) is 3.19. The molecule has 6 unspecified atom stereocenters. The molecule has 194 valence electrons. The maximum Gasteiger partial charge on any atom is 0.316 e. The number of hydrogen-bond donors (Lipinski definition) is 1. The van der Waals surface area contributed by atoms with Crippen LogP contribution >= 0.6 is 11.8 Å². The van der Waals surface area contributed by atoms with E-state index in [1.807, 2.05) is 13.0 Å². The molecule has 3 aliphatic carbocycles. The van der Waals surface area contributed by atoms with E-state index in [1.54, 1.807) is 11.8 Å². The molecule has 6 heteroatoms. The lowest BCUT2D eigenvalue weighted by Crippen LogP contribution is -2.63. The highest BCUT2D eigenvalue weighted by molar-refractivity contribution is 7.99. The molecule has 34 heavy (non-hydrogen) atoms. The monoisotopic (exact) mass is 493 g/mol. The third kappa shape index (κ3) is 4.64. The molecule has 0 aliphatic heterocycles. The van der Waals surface area contributed by atoms with E-state index in [1.165, 1.54) is 0 Å². The van der Waals surface area contributed by atoms with E-state index in [9.17, 15) is 14.7 Å². The van der Waals surface area contributed by atoms with Crippen molar-refractivity contribution in [2.24, 2.45) is 34.0 Å². The molecule has 0 amide bonds. The lowest BCUT2D eigenvalue weighted by Gasteiger charge is -2.62. The molecule has 2 bridgehead atoms. The minimum Gasteiger partial charge on any atom is -0.461 e. The van der Waals surface area contributed by atoms with Gasteiger partial charge in [-0.05, 0) is 56.0 Å². The SMILES string of the molecule is C=CC1(C)CC(OC(=O)CSCCN(CC)CC)C2(C)CC[C@@H](C)[C@@]3(CCC(=O)C23)C(C)C1O. The minimum absolute atomic E-state index is 0.0196. The molecule has 0 heterocycles. The van der Waals surface area contributed by atoms with E-state index in [4.69, 9.17) is 4.74 Å². The highest BCUT2D eigenvalue weighted by atomic mass is 32.2. The van der Waals surface area contributed by atoms with Crippen LogP contribution in [0.4, 0.5) is 0 Å². The zero-order valence-electron chi connectivity index (χ0n) is 22.3. The number of carbonyl (C=O) groups is 2. The Kier molecular flexibility index (Phi) is 8.68. The van der Waals surface area contributed by atoms with E-state index < -0.39 is 23.0 Å². The van der Waals surface area contributed by atoms with Crippen molar-refractivity contribution in [2.45, 2.75) is 85.9 Å². The van der Waals surface area contributed by atoms with E-state index in [-0.39, 0.29) is 23.2 Å². The summed E-state index contributed by atoms with van der Waals surface area (Å²) in [5, 5.41) is 11.6. The highest BCUT2D eigenvalue weighted by Crippen LogP contribution is 2.68. The van der Waals surface area contributed by atoms with Crippen LogP contribution in [0.2, 0.25) is 0 Å². The maximum atomic E-state index is 13.4. The zero-order chi connectivity index (χ0) is 25.3. The Hall–Kier alpha value is -0.850. The van der Waals surface area contributed by atoms with Crippen LogP contribution in [0.15, 0.2) is 12.7 Å². The Morgan fingerprint density at radius 3 is 2.56 bits per heavy atom. The smallest absolute Gasteiger partial charge is 0.316 e. The van der Waals surface area contributed by atoms with Gasteiger partial charge in [0, 0.05) is 35.5 Å². The fraction of sp³-hybridized carbons (Fsp3) is 0.857. The number of Topliss-reactive ketones (excluding diaryl/α,β-unsaturated/α-hetero) is 1. The number of carbonyl (C=O) groups excluding carboxylic acids is 2. The van der Waals surface area contributed by atoms with Crippen LogP contribution in [0.5, 0.6) is 0 Å². The van der Waals surface area contributed by atoms with E-state index in [0.29, 0.717) is 30.3 Å². The maximum absolute atomic E-state index is 13.4. The fourth-order valence-electron chi connectivity index (χ4n) is 7.75. The second-order valence-electron chi connectivity index (χ2n) is 11.7. The van der Waals surface area contributed by atoms with Gasteiger partial charge < -0.3 is 14.7 Å². The summed E-state index contributed by atoms with van der Waals surface area (Å²) < 4.78 is 6.26. The second-order valence-corrected chi connectivity index (χ2v) is 12.8. The van der Waals surface area contributed by atoms with Crippen molar-refractivity contribution in [1.29, 1.82) is 0 Å². The van der Waals surface area contributed by atoms with E-state index in [0.717, 1.165) is 44.6 Å². The molecule has 3 aliphatic rings. The summed E-state index contributed by atoms with van der Waals surface area (Å²) in [6.45, 7) is 20.0. The number of hydrogen-bond acceptors (Lipinski definition) is 6. The van der Waals surface area contributed by atoms with Crippen LogP contribution in [0.25, 0.3) is 0 Å². The average molecular weight is 494 g/mol. The van der Waals surface area contributed by atoms with Crippen LogP contribution in [-0.2, 0) is 14.3 Å². The standard InChI is InChI=1S/C28H47NO4S/c1-8-26(6)17-22(33-23(31)18-34-16-15-29(9-2)10-3)27(7)13-11-19(4)28(20(5)25(26)32)14-12-21(30)24(27)28/h8,19-20,22,24-25,32H,1,9-18H2,2-7H3/t19-,20?,22?,24?,25?,26?,27?,28+/m1/s1. The van der Waals surface area contributed by atoms with Crippen molar-refractivity contribution < 1.29 is 19.4 Å². The summed E-state index contributed by atoms with van der Waals surface area (Å²) in [7, 11) is 0. The normalized spacial score (nSPS) is 42.1. The molecule has 3 rings (SSSR count). The zero-order valence-corrected chi connectivity index (χ0v) is 23.1. The van der Waals surface area contributed by atoms with Crippen molar-refractivity contribution in [3.8, 4) is 0 Å². The summed E-state index contributed by atoms with van der Waals surface area (Å²) >= 11 is 1.61. The van der Waals surface area contributed by atoms with Gasteiger partial charge in [0.2, 0.25) is 0 Å². The second kappa shape index (κ2) is 10.6. The first kappa shape index (κ1) is 27.7. The Morgan fingerprint density at radius 2 is 1.94 bits per heavy atom. The molecule has 0 aromatic rings. The third-order valence-corrected chi connectivity index (χ3v) is 11.0. The van der Waals surface area contributed by atoms with Gasteiger partial charge in [-0.15, -0.1) is 18.3 Å². The summed E-state index contributed by atoms with van der Waals surface area (Å²) in [4.78, 5) is 28.8. The molecule has 3 saturated carbocycles. The molecular weight excluding hydrogens is 446 g/mol. The number of thioether (sulfide) groups is 1.